The van der Waals surface area contributed by atoms with Crippen molar-refractivity contribution in [3.63, 3.8) is 0 Å². The smallest absolute Gasteiger partial charge is 0.131 e. The molecule has 0 saturated heterocycles. The summed E-state index contributed by atoms with van der Waals surface area (Å²) in [7, 11) is 0. The summed E-state index contributed by atoms with van der Waals surface area (Å²) >= 11 is 0. The molecule has 0 atom stereocenters. The highest BCUT2D eigenvalue weighted by Crippen LogP contribution is 2.41. The zero-order valence-corrected chi connectivity index (χ0v) is 22.3. The molecule has 0 aliphatic rings. The molecular weight excluding hydrogens is 472 g/mol. The van der Waals surface area contributed by atoms with Gasteiger partial charge in [0.1, 0.15) is 11.5 Å². The van der Waals surface area contributed by atoms with Crippen LogP contribution in [0.3, 0.4) is 0 Å². The van der Waals surface area contributed by atoms with Crippen LogP contribution in [0.15, 0.2) is 146 Å². The maximum atomic E-state index is 6.89. The normalized spacial score (nSPS) is 10.8. The van der Waals surface area contributed by atoms with Crippen LogP contribution >= 0.6 is 0 Å². The van der Waals surface area contributed by atoms with Gasteiger partial charge in [-0.2, -0.15) is 0 Å². The average molecular weight is 503 g/mol. The highest BCUT2D eigenvalue weighted by molar-refractivity contribution is 5.81. The fraction of sp³-hybridized carbons (Fsp3) is 0.0526. The Morgan fingerprint density at radius 3 is 0.974 bits per heavy atom. The number of benzene rings is 6. The second kappa shape index (κ2) is 10.8. The molecule has 6 rings (SSSR count). The molecule has 0 aliphatic heterocycles. The maximum Gasteiger partial charge on any atom is 0.131 e. The van der Waals surface area contributed by atoms with Gasteiger partial charge in [-0.1, -0.05) is 121 Å². The van der Waals surface area contributed by atoms with Crippen LogP contribution in [-0.2, 0) is 0 Å². The van der Waals surface area contributed by atoms with Crippen molar-refractivity contribution in [2.45, 2.75) is 13.8 Å². The zero-order chi connectivity index (χ0) is 26.6. The molecule has 6 aromatic carbocycles. The SMILES string of the molecule is Cc1c(Oc2cc(-c3ccccc3)cc(-c3ccccc3)c2C)cc(-c2ccccc2)cc1-c1ccccc1. The topological polar surface area (TPSA) is 9.23 Å². The quantitative estimate of drug-likeness (QED) is 0.220. The van der Waals surface area contributed by atoms with E-state index < -0.39 is 0 Å². The first-order valence-corrected chi connectivity index (χ1v) is 13.4. The first-order valence-electron chi connectivity index (χ1n) is 13.4. The van der Waals surface area contributed by atoms with Gasteiger partial charge >= 0.3 is 0 Å². The van der Waals surface area contributed by atoms with E-state index in [2.05, 4.69) is 159 Å². The third-order valence-electron chi connectivity index (χ3n) is 7.32. The van der Waals surface area contributed by atoms with Crippen molar-refractivity contribution in [3.8, 4) is 56.0 Å². The van der Waals surface area contributed by atoms with Crippen molar-refractivity contribution in [2.24, 2.45) is 0 Å². The van der Waals surface area contributed by atoms with Gasteiger partial charge in [-0.05, 0) is 93.7 Å². The van der Waals surface area contributed by atoms with Crippen LogP contribution in [0.2, 0.25) is 0 Å². The Morgan fingerprint density at radius 2 is 0.641 bits per heavy atom. The van der Waals surface area contributed by atoms with Gasteiger partial charge in [-0.3, -0.25) is 0 Å². The minimum absolute atomic E-state index is 0.863. The Bertz CT molecular complexity index is 1570. The summed E-state index contributed by atoms with van der Waals surface area (Å²) < 4.78 is 6.89. The second-order valence-electron chi connectivity index (χ2n) is 9.86. The molecule has 1 nitrogen and oxygen atoms in total. The first-order chi connectivity index (χ1) is 19.2. The van der Waals surface area contributed by atoms with E-state index in [9.17, 15) is 0 Å². The molecule has 0 aromatic heterocycles. The highest BCUT2D eigenvalue weighted by Gasteiger charge is 2.16. The minimum Gasteiger partial charge on any atom is -0.457 e. The van der Waals surface area contributed by atoms with Crippen molar-refractivity contribution in [3.05, 3.63) is 157 Å². The van der Waals surface area contributed by atoms with E-state index in [0.29, 0.717) is 0 Å². The summed E-state index contributed by atoms with van der Waals surface area (Å²) in [4.78, 5) is 0. The standard InChI is InChI=1S/C38H30O/c1-27-35(31-19-11-5-12-20-31)23-33(29-15-7-3-8-16-29)25-37(27)39-38-26-34(30-17-9-4-10-18-30)24-36(28(38)2)32-21-13-6-14-22-32/h3-26H,1-2H3. The highest BCUT2D eigenvalue weighted by atomic mass is 16.5. The number of ether oxygens (including phenoxy) is 1. The number of hydrogen-bond acceptors (Lipinski definition) is 1. The molecule has 0 amide bonds. The monoisotopic (exact) mass is 502 g/mol. The van der Waals surface area contributed by atoms with Gasteiger partial charge in [0, 0.05) is 0 Å². The summed E-state index contributed by atoms with van der Waals surface area (Å²) in [5.41, 5.74) is 11.5. The van der Waals surface area contributed by atoms with Gasteiger partial charge in [0.2, 0.25) is 0 Å². The van der Waals surface area contributed by atoms with Crippen LogP contribution in [-0.4, -0.2) is 0 Å². The van der Waals surface area contributed by atoms with Gasteiger partial charge in [-0.15, -0.1) is 0 Å². The Hall–Kier alpha value is -4.88. The molecular formula is C38H30O. The van der Waals surface area contributed by atoms with E-state index in [1.54, 1.807) is 0 Å². The van der Waals surface area contributed by atoms with E-state index in [4.69, 9.17) is 4.74 Å². The molecule has 0 radical (unpaired) electrons. The molecule has 0 spiro atoms. The zero-order valence-electron chi connectivity index (χ0n) is 22.3. The second-order valence-corrected chi connectivity index (χ2v) is 9.86. The lowest BCUT2D eigenvalue weighted by Gasteiger charge is -2.19. The van der Waals surface area contributed by atoms with E-state index in [1.165, 1.54) is 33.4 Å². The Kier molecular flexibility index (Phi) is 6.80. The van der Waals surface area contributed by atoms with E-state index in [-0.39, 0.29) is 0 Å². The summed E-state index contributed by atoms with van der Waals surface area (Å²) in [5.74, 6) is 1.73. The van der Waals surface area contributed by atoms with Gasteiger partial charge in [-0.25, -0.2) is 0 Å². The van der Waals surface area contributed by atoms with Crippen molar-refractivity contribution >= 4 is 0 Å². The molecule has 0 saturated carbocycles. The maximum absolute atomic E-state index is 6.89. The first kappa shape index (κ1) is 24.5. The van der Waals surface area contributed by atoms with Crippen molar-refractivity contribution in [2.75, 3.05) is 0 Å². The molecule has 0 unspecified atom stereocenters. The minimum atomic E-state index is 0.863. The number of rotatable bonds is 6. The fourth-order valence-electron chi connectivity index (χ4n) is 5.14. The predicted octanol–water partition coefficient (Wildman–Crippen LogP) is 10.8. The summed E-state index contributed by atoms with van der Waals surface area (Å²) in [6.45, 7) is 4.31. The summed E-state index contributed by atoms with van der Waals surface area (Å²) in [5, 5.41) is 0. The fourth-order valence-corrected chi connectivity index (χ4v) is 5.14. The van der Waals surface area contributed by atoms with Gasteiger partial charge in [0.05, 0.1) is 0 Å². The molecule has 0 heterocycles. The molecule has 39 heavy (non-hydrogen) atoms. The summed E-state index contributed by atoms with van der Waals surface area (Å²) in [6, 6.07) is 51.0. The number of hydrogen-bond donors (Lipinski definition) is 0. The molecule has 188 valence electrons. The van der Waals surface area contributed by atoms with E-state index >= 15 is 0 Å². The lowest BCUT2D eigenvalue weighted by molar-refractivity contribution is 0.476. The Labute approximate surface area is 231 Å². The van der Waals surface area contributed by atoms with Crippen LogP contribution in [0.5, 0.6) is 11.5 Å². The van der Waals surface area contributed by atoms with Crippen LogP contribution < -0.4 is 4.74 Å². The van der Waals surface area contributed by atoms with Crippen LogP contribution in [0.4, 0.5) is 0 Å². The van der Waals surface area contributed by atoms with E-state index in [1.807, 2.05) is 0 Å². The van der Waals surface area contributed by atoms with Gasteiger partial charge in [0.25, 0.3) is 0 Å². The predicted molar refractivity (Wildman–Crippen MR) is 164 cm³/mol. The molecule has 0 aliphatic carbocycles. The molecule has 0 N–H and O–H groups in total. The lowest BCUT2D eigenvalue weighted by atomic mass is 9.93. The van der Waals surface area contributed by atoms with Crippen LogP contribution in [0.25, 0.3) is 44.5 Å². The molecule has 6 aromatic rings. The third kappa shape index (κ3) is 5.12. The molecule has 0 bridgehead atoms. The van der Waals surface area contributed by atoms with Crippen molar-refractivity contribution < 1.29 is 4.74 Å². The molecule has 0 fully saturated rings. The Balaban J connectivity index is 1.54. The van der Waals surface area contributed by atoms with Gasteiger partial charge < -0.3 is 4.74 Å². The average Bonchev–Trinajstić information content (AvgIpc) is 3.01. The largest absolute Gasteiger partial charge is 0.457 e. The van der Waals surface area contributed by atoms with Gasteiger partial charge in [0.15, 0.2) is 0 Å². The lowest BCUT2D eigenvalue weighted by Crippen LogP contribution is -1.96. The third-order valence-corrected chi connectivity index (χ3v) is 7.32. The van der Waals surface area contributed by atoms with Crippen LogP contribution in [0, 0.1) is 13.8 Å². The summed E-state index contributed by atoms with van der Waals surface area (Å²) in [6.07, 6.45) is 0. The van der Waals surface area contributed by atoms with Crippen molar-refractivity contribution in [1.82, 2.24) is 0 Å². The van der Waals surface area contributed by atoms with E-state index in [0.717, 1.165) is 33.8 Å². The van der Waals surface area contributed by atoms with Crippen LogP contribution in [0.1, 0.15) is 11.1 Å². The Morgan fingerprint density at radius 1 is 0.333 bits per heavy atom. The molecule has 1 heteroatoms. The van der Waals surface area contributed by atoms with Crippen molar-refractivity contribution in [1.29, 1.82) is 0 Å².